The summed E-state index contributed by atoms with van der Waals surface area (Å²) in [7, 11) is 0. The highest BCUT2D eigenvalue weighted by Crippen LogP contribution is 2.21. The first-order valence-corrected chi connectivity index (χ1v) is 7.97. The average molecular weight is 347 g/mol. The van der Waals surface area contributed by atoms with Gasteiger partial charge in [-0.15, -0.1) is 0 Å². The lowest BCUT2D eigenvalue weighted by Crippen LogP contribution is -2.49. The van der Waals surface area contributed by atoms with Crippen molar-refractivity contribution < 1.29 is 14.7 Å². The minimum absolute atomic E-state index is 0.152. The molecule has 2 aromatic rings. The lowest BCUT2D eigenvalue weighted by molar-refractivity contribution is -0.138. The first-order valence-electron chi connectivity index (χ1n) is 7.97. The van der Waals surface area contributed by atoms with Crippen LogP contribution in [0.3, 0.4) is 0 Å². The fraction of sp³-hybridized carbons (Fsp3) is 0.438. The number of aliphatic carboxylic acids is 1. The van der Waals surface area contributed by atoms with Crippen molar-refractivity contribution in [2.75, 3.05) is 0 Å². The molecule has 0 aromatic carbocycles. The molecule has 0 fully saturated rings. The van der Waals surface area contributed by atoms with Crippen LogP contribution in [0.1, 0.15) is 49.2 Å². The van der Waals surface area contributed by atoms with E-state index in [-0.39, 0.29) is 12.0 Å². The van der Waals surface area contributed by atoms with Crippen LogP contribution in [0.5, 0.6) is 0 Å². The summed E-state index contributed by atoms with van der Waals surface area (Å²) in [6.45, 7) is 5.38. The maximum Gasteiger partial charge on any atom is 0.305 e. The summed E-state index contributed by atoms with van der Waals surface area (Å²) in [6, 6.07) is 2.81. The minimum Gasteiger partial charge on any atom is -0.481 e. The number of amides is 1. The maximum absolute atomic E-state index is 12.6. The Kier molecular flexibility index (Phi) is 5.35. The van der Waals surface area contributed by atoms with Gasteiger partial charge in [-0.1, -0.05) is 13.8 Å². The van der Waals surface area contributed by atoms with Crippen LogP contribution in [0.15, 0.2) is 23.1 Å². The summed E-state index contributed by atoms with van der Waals surface area (Å²) in [4.78, 5) is 34.9. The number of aromatic nitrogens is 4. The van der Waals surface area contributed by atoms with Crippen LogP contribution in [0.25, 0.3) is 5.82 Å². The van der Waals surface area contributed by atoms with Gasteiger partial charge in [-0.05, 0) is 25.8 Å². The SMILES string of the molecule is CCC(CC)(CC(=O)O)NC(=O)c1cnn(-c2ccc(=O)[nH]n2)c1C. The lowest BCUT2D eigenvalue weighted by Gasteiger charge is -2.31. The van der Waals surface area contributed by atoms with Gasteiger partial charge in [0.15, 0.2) is 5.82 Å². The van der Waals surface area contributed by atoms with Crippen molar-refractivity contribution in [1.29, 1.82) is 0 Å². The molecule has 0 spiro atoms. The molecule has 0 unspecified atom stereocenters. The van der Waals surface area contributed by atoms with Gasteiger partial charge in [0, 0.05) is 6.07 Å². The van der Waals surface area contributed by atoms with Gasteiger partial charge in [0.05, 0.1) is 29.4 Å². The summed E-state index contributed by atoms with van der Waals surface area (Å²) in [6.07, 6.45) is 2.24. The number of carboxylic acids is 1. The standard InChI is InChI=1S/C16H21N5O4/c1-4-16(5-2,8-14(23)24)18-15(25)11-9-17-21(10(11)3)12-6-7-13(22)20-19-12/h6-7,9H,4-5,8H2,1-3H3,(H,18,25)(H,20,22)(H,23,24). The molecule has 9 nitrogen and oxygen atoms in total. The number of nitrogens with zero attached hydrogens (tertiary/aromatic N) is 3. The quantitative estimate of drug-likeness (QED) is 0.686. The predicted octanol–water partition coefficient (Wildman–Crippen LogP) is 1.03. The molecule has 0 aliphatic rings. The van der Waals surface area contributed by atoms with Crippen molar-refractivity contribution >= 4 is 11.9 Å². The summed E-state index contributed by atoms with van der Waals surface area (Å²) in [5.41, 5.74) is -0.290. The zero-order chi connectivity index (χ0) is 18.6. The molecule has 0 saturated carbocycles. The molecule has 0 aliphatic carbocycles. The van der Waals surface area contributed by atoms with Gasteiger partial charge in [-0.3, -0.25) is 14.4 Å². The maximum atomic E-state index is 12.6. The first kappa shape index (κ1) is 18.4. The van der Waals surface area contributed by atoms with Crippen LogP contribution < -0.4 is 10.9 Å². The highest BCUT2D eigenvalue weighted by Gasteiger charge is 2.32. The van der Waals surface area contributed by atoms with E-state index in [0.29, 0.717) is 29.9 Å². The highest BCUT2D eigenvalue weighted by atomic mass is 16.4. The van der Waals surface area contributed by atoms with E-state index in [4.69, 9.17) is 5.11 Å². The number of nitrogens with one attached hydrogen (secondary N) is 2. The van der Waals surface area contributed by atoms with Gasteiger partial charge in [0.1, 0.15) is 0 Å². The van der Waals surface area contributed by atoms with Crippen molar-refractivity contribution in [1.82, 2.24) is 25.3 Å². The van der Waals surface area contributed by atoms with Crippen LogP contribution in [-0.2, 0) is 4.79 Å². The molecule has 0 radical (unpaired) electrons. The predicted molar refractivity (Wildman–Crippen MR) is 89.7 cm³/mol. The molecule has 0 saturated heterocycles. The van der Waals surface area contributed by atoms with Gasteiger partial charge in [0.25, 0.3) is 11.5 Å². The number of carbonyl (C=O) groups excluding carboxylic acids is 1. The number of carboxylic acid groups (broad SMARTS) is 1. The van der Waals surface area contributed by atoms with Crippen molar-refractivity contribution in [3.8, 4) is 5.82 Å². The van der Waals surface area contributed by atoms with E-state index >= 15 is 0 Å². The Labute approximate surface area is 144 Å². The Balaban J connectivity index is 2.29. The fourth-order valence-corrected chi connectivity index (χ4v) is 2.64. The van der Waals surface area contributed by atoms with Crippen LogP contribution in [0.4, 0.5) is 0 Å². The minimum atomic E-state index is -0.964. The molecule has 9 heteroatoms. The molecule has 0 aliphatic heterocycles. The Bertz CT molecular complexity index is 815. The van der Waals surface area contributed by atoms with Gasteiger partial charge >= 0.3 is 5.97 Å². The molecule has 0 atom stereocenters. The topological polar surface area (TPSA) is 130 Å². The fourth-order valence-electron chi connectivity index (χ4n) is 2.64. The molecule has 1 amide bonds. The largest absolute Gasteiger partial charge is 0.481 e. The third kappa shape index (κ3) is 3.93. The summed E-state index contributed by atoms with van der Waals surface area (Å²) in [5.74, 6) is -0.981. The number of aromatic amines is 1. The third-order valence-corrected chi connectivity index (χ3v) is 4.36. The van der Waals surface area contributed by atoms with Crippen LogP contribution in [0.2, 0.25) is 0 Å². The van der Waals surface area contributed by atoms with Gasteiger partial charge in [-0.2, -0.15) is 10.2 Å². The monoisotopic (exact) mass is 347 g/mol. The first-order chi connectivity index (χ1) is 11.8. The van der Waals surface area contributed by atoms with Crippen LogP contribution in [-0.4, -0.2) is 42.5 Å². The van der Waals surface area contributed by atoms with E-state index in [1.54, 1.807) is 6.92 Å². The zero-order valence-electron chi connectivity index (χ0n) is 14.4. The molecule has 0 bridgehead atoms. The molecule has 2 aromatic heterocycles. The number of carbonyl (C=O) groups is 2. The van der Waals surface area contributed by atoms with E-state index in [2.05, 4.69) is 20.6 Å². The number of H-pyrrole nitrogens is 1. The van der Waals surface area contributed by atoms with Crippen LogP contribution in [0, 0.1) is 6.92 Å². The number of hydrogen-bond donors (Lipinski definition) is 3. The second-order valence-corrected chi connectivity index (χ2v) is 5.85. The van der Waals surface area contributed by atoms with Crippen LogP contribution >= 0.6 is 0 Å². The number of hydrogen-bond acceptors (Lipinski definition) is 5. The summed E-state index contributed by atoms with van der Waals surface area (Å²) >= 11 is 0. The van der Waals surface area contributed by atoms with E-state index in [1.807, 2.05) is 13.8 Å². The Morgan fingerprint density at radius 3 is 2.52 bits per heavy atom. The summed E-state index contributed by atoms with van der Waals surface area (Å²) in [5, 5.41) is 22.3. The molecule has 25 heavy (non-hydrogen) atoms. The molecule has 3 N–H and O–H groups in total. The van der Waals surface area contributed by atoms with Gasteiger partial charge < -0.3 is 10.4 Å². The van der Waals surface area contributed by atoms with Crippen molar-refractivity contribution in [2.45, 2.75) is 45.6 Å². The zero-order valence-corrected chi connectivity index (χ0v) is 14.4. The lowest BCUT2D eigenvalue weighted by atomic mass is 9.88. The smallest absolute Gasteiger partial charge is 0.305 e. The second kappa shape index (κ2) is 7.29. The third-order valence-electron chi connectivity index (χ3n) is 4.36. The van der Waals surface area contributed by atoms with Crippen molar-refractivity contribution in [3.05, 3.63) is 39.9 Å². The normalized spacial score (nSPS) is 11.3. The molecule has 134 valence electrons. The average Bonchev–Trinajstić information content (AvgIpc) is 2.96. The highest BCUT2D eigenvalue weighted by molar-refractivity contribution is 5.96. The molecule has 2 heterocycles. The Hall–Kier alpha value is -2.97. The Morgan fingerprint density at radius 2 is 2.00 bits per heavy atom. The van der Waals surface area contributed by atoms with E-state index in [1.165, 1.54) is 23.0 Å². The molecular formula is C16H21N5O4. The van der Waals surface area contributed by atoms with E-state index in [9.17, 15) is 14.4 Å². The Morgan fingerprint density at radius 1 is 1.32 bits per heavy atom. The van der Waals surface area contributed by atoms with E-state index < -0.39 is 17.4 Å². The second-order valence-electron chi connectivity index (χ2n) is 5.85. The summed E-state index contributed by atoms with van der Waals surface area (Å²) < 4.78 is 1.43. The molecular weight excluding hydrogens is 326 g/mol. The van der Waals surface area contributed by atoms with Gasteiger partial charge in [0.2, 0.25) is 0 Å². The van der Waals surface area contributed by atoms with Gasteiger partial charge in [-0.25, -0.2) is 9.78 Å². The van der Waals surface area contributed by atoms with Crippen molar-refractivity contribution in [2.24, 2.45) is 0 Å². The number of rotatable bonds is 7. The van der Waals surface area contributed by atoms with E-state index in [0.717, 1.165) is 0 Å². The molecule has 2 rings (SSSR count). The van der Waals surface area contributed by atoms with Crippen molar-refractivity contribution in [3.63, 3.8) is 0 Å².